The van der Waals surface area contributed by atoms with Crippen LogP contribution in [0, 0.1) is 17.1 Å². The summed E-state index contributed by atoms with van der Waals surface area (Å²) in [7, 11) is 0. The first-order valence-electron chi connectivity index (χ1n) is 6.47. The van der Waals surface area contributed by atoms with Crippen molar-refractivity contribution in [1.82, 2.24) is 5.32 Å². The zero-order valence-electron chi connectivity index (χ0n) is 11.3. The molecule has 21 heavy (non-hydrogen) atoms. The molecule has 1 amide bonds. The van der Waals surface area contributed by atoms with Crippen LogP contribution in [0.15, 0.2) is 48.5 Å². The zero-order chi connectivity index (χ0) is 15.1. The van der Waals surface area contributed by atoms with Gasteiger partial charge in [0.2, 0.25) is 0 Å². The molecule has 2 N–H and O–H groups in total. The standard InChI is InChI=1S/C16H14FN3O/c17-14-10-12(11-18)6-7-15(14)19-8-9-20-16(21)13-4-2-1-3-5-13/h1-7,10,19H,8-9H2,(H,20,21). The topological polar surface area (TPSA) is 64.9 Å². The number of anilines is 1. The summed E-state index contributed by atoms with van der Waals surface area (Å²) >= 11 is 0. The average Bonchev–Trinajstić information content (AvgIpc) is 2.53. The van der Waals surface area contributed by atoms with Crippen LogP contribution in [0.3, 0.4) is 0 Å². The van der Waals surface area contributed by atoms with E-state index in [1.54, 1.807) is 24.3 Å². The number of benzene rings is 2. The van der Waals surface area contributed by atoms with Crippen LogP contribution in [0.1, 0.15) is 15.9 Å². The van der Waals surface area contributed by atoms with E-state index in [4.69, 9.17) is 5.26 Å². The maximum Gasteiger partial charge on any atom is 0.251 e. The Kier molecular flexibility index (Phi) is 4.89. The summed E-state index contributed by atoms with van der Waals surface area (Å²) in [6.07, 6.45) is 0. The summed E-state index contributed by atoms with van der Waals surface area (Å²) in [6.45, 7) is 0.758. The monoisotopic (exact) mass is 283 g/mol. The molecule has 0 aliphatic carbocycles. The van der Waals surface area contributed by atoms with Gasteiger partial charge in [-0.15, -0.1) is 0 Å². The van der Waals surface area contributed by atoms with Gasteiger partial charge in [0.1, 0.15) is 5.82 Å². The molecular weight excluding hydrogens is 269 g/mol. The van der Waals surface area contributed by atoms with Crippen LogP contribution in [0.4, 0.5) is 10.1 Å². The lowest BCUT2D eigenvalue weighted by atomic mass is 10.2. The number of nitrogens with zero attached hydrogens (tertiary/aromatic N) is 1. The van der Waals surface area contributed by atoms with E-state index < -0.39 is 5.82 Å². The molecule has 0 heterocycles. The summed E-state index contributed by atoms with van der Waals surface area (Å²) in [5.41, 5.74) is 1.17. The van der Waals surface area contributed by atoms with Gasteiger partial charge in [0, 0.05) is 18.7 Å². The molecule has 0 saturated heterocycles. The van der Waals surface area contributed by atoms with Crippen molar-refractivity contribution < 1.29 is 9.18 Å². The van der Waals surface area contributed by atoms with Crippen molar-refractivity contribution in [2.75, 3.05) is 18.4 Å². The fourth-order valence-electron chi connectivity index (χ4n) is 1.79. The van der Waals surface area contributed by atoms with E-state index in [-0.39, 0.29) is 11.5 Å². The van der Waals surface area contributed by atoms with Crippen molar-refractivity contribution in [2.24, 2.45) is 0 Å². The lowest BCUT2D eigenvalue weighted by Crippen LogP contribution is -2.28. The summed E-state index contributed by atoms with van der Waals surface area (Å²) in [5, 5.41) is 14.3. The number of hydrogen-bond donors (Lipinski definition) is 2. The van der Waals surface area contributed by atoms with Gasteiger partial charge in [-0.3, -0.25) is 4.79 Å². The first-order chi connectivity index (χ1) is 10.2. The molecule has 0 saturated carbocycles. The van der Waals surface area contributed by atoms with Gasteiger partial charge in [0.25, 0.3) is 5.91 Å². The van der Waals surface area contributed by atoms with Crippen LogP contribution in [0.2, 0.25) is 0 Å². The minimum Gasteiger partial charge on any atom is -0.381 e. The largest absolute Gasteiger partial charge is 0.381 e. The van der Waals surface area contributed by atoms with E-state index in [1.165, 1.54) is 18.2 Å². The molecule has 2 aromatic rings. The van der Waals surface area contributed by atoms with Gasteiger partial charge in [-0.1, -0.05) is 18.2 Å². The molecule has 2 aromatic carbocycles. The SMILES string of the molecule is N#Cc1ccc(NCCNC(=O)c2ccccc2)c(F)c1. The number of rotatable bonds is 5. The predicted octanol–water partition coefficient (Wildman–Crippen LogP) is 2.54. The van der Waals surface area contributed by atoms with Crippen molar-refractivity contribution in [3.8, 4) is 6.07 Å². The summed E-state index contributed by atoms with van der Waals surface area (Å²) in [5.74, 6) is -0.652. The molecule has 0 bridgehead atoms. The third-order valence-corrected chi connectivity index (χ3v) is 2.86. The van der Waals surface area contributed by atoms with E-state index in [9.17, 15) is 9.18 Å². The van der Waals surface area contributed by atoms with Gasteiger partial charge >= 0.3 is 0 Å². The number of nitriles is 1. The van der Waals surface area contributed by atoms with Gasteiger partial charge in [0.15, 0.2) is 0 Å². The van der Waals surface area contributed by atoms with Crippen molar-refractivity contribution in [3.05, 3.63) is 65.5 Å². The number of carbonyl (C=O) groups excluding carboxylic acids is 1. The van der Waals surface area contributed by atoms with Crippen LogP contribution >= 0.6 is 0 Å². The number of amides is 1. The minimum atomic E-state index is -0.483. The van der Waals surface area contributed by atoms with Crippen LogP contribution in [-0.4, -0.2) is 19.0 Å². The smallest absolute Gasteiger partial charge is 0.251 e. The second kappa shape index (κ2) is 7.06. The van der Waals surface area contributed by atoms with Crippen molar-refractivity contribution in [1.29, 1.82) is 5.26 Å². The van der Waals surface area contributed by atoms with Crippen LogP contribution in [0.5, 0.6) is 0 Å². The Bertz CT molecular complexity index is 665. The zero-order valence-corrected chi connectivity index (χ0v) is 11.3. The van der Waals surface area contributed by atoms with Crippen molar-refractivity contribution in [2.45, 2.75) is 0 Å². The van der Waals surface area contributed by atoms with Gasteiger partial charge < -0.3 is 10.6 Å². The first-order valence-corrected chi connectivity index (χ1v) is 6.47. The average molecular weight is 283 g/mol. The lowest BCUT2D eigenvalue weighted by Gasteiger charge is -2.09. The molecule has 0 aliphatic rings. The van der Waals surface area contributed by atoms with Crippen LogP contribution in [-0.2, 0) is 0 Å². The molecule has 5 heteroatoms. The Balaban J connectivity index is 1.80. The molecular formula is C16H14FN3O. The second-order valence-electron chi connectivity index (χ2n) is 4.36. The van der Waals surface area contributed by atoms with Crippen molar-refractivity contribution >= 4 is 11.6 Å². The molecule has 0 radical (unpaired) electrons. The van der Waals surface area contributed by atoms with E-state index in [0.29, 0.717) is 24.3 Å². The first kappa shape index (κ1) is 14.5. The minimum absolute atomic E-state index is 0.169. The third kappa shape index (κ3) is 4.05. The van der Waals surface area contributed by atoms with Gasteiger partial charge in [0.05, 0.1) is 17.3 Å². The lowest BCUT2D eigenvalue weighted by molar-refractivity contribution is 0.0955. The summed E-state index contributed by atoms with van der Waals surface area (Å²) < 4.78 is 13.6. The Labute approximate surface area is 122 Å². The highest BCUT2D eigenvalue weighted by Crippen LogP contribution is 2.14. The van der Waals surface area contributed by atoms with E-state index >= 15 is 0 Å². The van der Waals surface area contributed by atoms with Gasteiger partial charge in [-0.25, -0.2) is 4.39 Å². The number of nitrogens with one attached hydrogen (secondary N) is 2. The van der Waals surface area contributed by atoms with Crippen LogP contribution in [0.25, 0.3) is 0 Å². The molecule has 106 valence electrons. The molecule has 0 atom stereocenters. The maximum atomic E-state index is 13.6. The van der Waals surface area contributed by atoms with E-state index in [2.05, 4.69) is 10.6 Å². The normalized spacial score (nSPS) is 9.71. The molecule has 0 aliphatic heterocycles. The quantitative estimate of drug-likeness (QED) is 0.829. The van der Waals surface area contributed by atoms with E-state index in [0.717, 1.165) is 0 Å². The Morgan fingerprint density at radius 3 is 2.57 bits per heavy atom. The molecule has 0 unspecified atom stereocenters. The Morgan fingerprint density at radius 2 is 1.90 bits per heavy atom. The summed E-state index contributed by atoms with van der Waals surface area (Å²) in [6, 6.07) is 15.0. The molecule has 2 rings (SSSR count). The fraction of sp³-hybridized carbons (Fsp3) is 0.125. The molecule has 4 nitrogen and oxygen atoms in total. The Morgan fingerprint density at radius 1 is 1.14 bits per heavy atom. The van der Waals surface area contributed by atoms with Gasteiger partial charge in [-0.05, 0) is 30.3 Å². The number of halogens is 1. The van der Waals surface area contributed by atoms with E-state index in [1.807, 2.05) is 12.1 Å². The van der Waals surface area contributed by atoms with Gasteiger partial charge in [-0.2, -0.15) is 5.26 Å². The highest BCUT2D eigenvalue weighted by atomic mass is 19.1. The molecule has 0 fully saturated rings. The number of hydrogen-bond acceptors (Lipinski definition) is 3. The summed E-state index contributed by atoms with van der Waals surface area (Å²) in [4.78, 5) is 11.8. The highest BCUT2D eigenvalue weighted by Gasteiger charge is 2.05. The van der Waals surface area contributed by atoms with Crippen LogP contribution < -0.4 is 10.6 Å². The third-order valence-electron chi connectivity index (χ3n) is 2.86. The fourth-order valence-corrected chi connectivity index (χ4v) is 1.79. The predicted molar refractivity (Wildman–Crippen MR) is 78.4 cm³/mol. The Hall–Kier alpha value is -2.87. The number of carbonyl (C=O) groups is 1. The maximum absolute atomic E-state index is 13.6. The molecule has 0 spiro atoms. The van der Waals surface area contributed by atoms with Crippen molar-refractivity contribution in [3.63, 3.8) is 0 Å². The molecule has 0 aromatic heterocycles. The second-order valence-corrected chi connectivity index (χ2v) is 4.36. The highest BCUT2D eigenvalue weighted by molar-refractivity contribution is 5.94.